The van der Waals surface area contributed by atoms with E-state index in [4.69, 9.17) is 4.42 Å². The predicted molar refractivity (Wildman–Crippen MR) is 72.5 cm³/mol. The summed E-state index contributed by atoms with van der Waals surface area (Å²) in [6.07, 6.45) is -4.04. The van der Waals surface area contributed by atoms with Crippen LogP contribution in [-0.4, -0.2) is 39.0 Å². The smallest absolute Gasteiger partial charge is 0.417 e. The fourth-order valence-corrected chi connectivity index (χ4v) is 2.54. The molecule has 1 saturated heterocycles. The van der Waals surface area contributed by atoms with Crippen molar-refractivity contribution in [3.8, 4) is 0 Å². The standard InChI is InChI=1S/C13H11F3N4O5/c14-13(15,16)12-18-17-10(25-12)7-3-5-19(6-4-7)11(21)8-1-2-9(24-8)20(22)23/h1-2,7H,3-6H2. The number of carbonyl (C=O) groups is 1. The molecule has 3 heterocycles. The van der Waals surface area contributed by atoms with E-state index in [-0.39, 0.29) is 24.7 Å². The Hall–Kier alpha value is -2.92. The van der Waals surface area contributed by atoms with Gasteiger partial charge in [-0.25, -0.2) is 0 Å². The molecule has 2 aromatic rings. The van der Waals surface area contributed by atoms with Crippen LogP contribution in [0.2, 0.25) is 0 Å². The number of nitro groups is 1. The third-order valence-electron chi connectivity index (χ3n) is 3.80. The Kier molecular flexibility index (Phi) is 4.18. The van der Waals surface area contributed by atoms with E-state index in [1.54, 1.807) is 0 Å². The van der Waals surface area contributed by atoms with Gasteiger partial charge in [-0.05, 0) is 18.9 Å². The molecule has 134 valence electrons. The Balaban J connectivity index is 1.62. The number of nitrogens with zero attached hydrogens (tertiary/aromatic N) is 4. The molecule has 0 aromatic carbocycles. The van der Waals surface area contributed by atoms with Crippen molar-refractivity contribution in [1.29, 1.82) is 0 Å². The maximum atomic E-state index is 12.5. The summed E-state index contributed by atoms with van der Waals surface area (Å²) in [6, 6.07) is 2.29. The van der Waals surface area contributed by atoms with Crippen LogP contribution in [0.25, 0.3) is 0 Å². The van der Waals surface area contributed by atoms with E-state index in [0.29, 0.717) is 12.8 Å². The minimum absolute atomic E-state index is 0.118. The molecule has 0 N–H and O–H groups in total. The molecular weight excluding hydrogens is 349 g/mol. The number of likely N-dealkylation sites (tertiary alicyclic amines) is 1. The minimum Gasteiger partial charge on any atom is -0.417 e. The number of rotatable bonds is 3. The number of hydrogen-bond acceptors (Lipinski definition) is 7. The maximum Gasteiger partial charge on any atom is 0.470 e. The normalized spacial score (nSPS) is 16.2. The van der Waals surface area contributed by atoms with Gasteiger partial charge in [-0.2, -0.15) is 13.2 Å². The Morgan fingerprint density at radius 1 is 1.24 bits per heavy atom. The first-order chi connectivity index (χ1) is 11.8. The number of aromatic nitrogens is 2. The van der Waals surface area contributed by atoms with Crippen molar-refractivity contribution in [2.24, 2.45) is 0 Å². The van der Waals surface area contributed by atoms with Gasteiger partial charge in [0.25, 0.3) is 5.91 Å². The first-order valence-electron chi connectivity index (χ1n) is 7.20. The fraction of sp³-hybridized carbons (Fsp3) is 0.462. The van der Waals surface area contributed by atoms with Gasteiger partial charge in [-0.3, -0.25) is 14.9 Å². The molecule has 1 amide bonds. The number of hydrogen-bond donors (Lipinski definition) is 0. The molecule has 2 aromatic heterocycles. The predicted octanol–water partition coefficient (Wildman–Crippen LogP) is 2.61. The SMILES string of the molecule is O=C(c1ccc([N+](=O)[O-])o1)N1CCC(c2nnc(C(F)(F)F)o2)CC1. The van der Waals surface area contributed by atoms with Crippen LogP contribution in [0.4, 0.5) is 19.1 Å². The second-order valence-electron chi connectivity index (χ2n) is 5.40. The highest BCUT2D eigenvalue weighted by molar-refractivity contribution is 5.91. The van der Waals surface area contributed by atoms with Gasteiger partial charge >= 0.3 is 18.0 Å². The van der Waals surface area contributed by atoms with Gasteiger partial charge in [0.2, 0.25) is 5.89 Å². The van der Waals surface area contributed by atoms with Crippen molar-refractivity contribution in [1.82, 2.24) is 15.1 Å². The molecule has 3 rings (SSSR count). The second-order valence-corrected chi connectivity index (χ2v) is 5.40. The number of alkyl halides is 3. The number of piperidine rings is 1. The van der Waals surface area contributed by atoms with Gasteiger partial charge < -0.3 is 13.7 Å². The van der Waals surface area contributed by atoms with Gasteiger partial charge in [0.05, 0.1) is 6.07 Å². The van der Waals surface area contributed by atoms with Crippen LogP contribution >= 0.6 is 0 Å². The summed E-state index contributed by atoms with van der Waals surface area (Å²) in [5.74, 6) is -3.13. The summed E-state index contributed by atoms with van der Waals surface area (Å²) in [5, 5.41) is 17.0. The molecule has 1 aliphatic rings. The molecule has 1 aliphatic heterocycles. The Morgan fingerprint density at radius 2 is 1.92 bits per heavy atom. The average Bonchev–Trinajstić information content (AvgIpc) is 3.23. The zero-order valence-corrected chi connectivity index (χ0v) is 12.5. The fourth-order valence-electron chi connectivity index (χ4n) is 2.54. The van der Waals surface area contributed by atoms with Crippen LogP contribution in [0.1, 0.15) is 41.1 Å². The van der Waals surface area contributed by atoms with Crippen LogP contribution in [0.5, 0.6) is 0 Å². The van der Waals surface area contributed by atoms with Crippen LogP contribution in [0, 0.1) is 10.1 Å². The monoisotopic (exact) mass is 360 g/mol. The summed E-state index contributed by atoms with van der Waals surface area (Å²) in [5.41, 5.74) is 0. The quantitative estimate of drug-likeness (QED) is 0.610. The van der Waals surface area contributed by atoms with E-state index in [1.807, 2.05) is 0 Å². The van der Waals surface area contributed by atoms with Crippen molar-refractivity contribution >= 4 is 11.8 Å². The van der Waals surface area contributed by atoms with Crippen LogP contribution in [0.15, 0.2) is 21.0 Å². The molecular formula is C13H11F3N4O5. The van der Waals surface area contributed by atoms with Gasteiger partial charge in [-0.1, -0.05) is 0 Å². The molecule has 1 fully saturated rings. The van der Waals surface area contributed by atoms with Crippen LogP contribution in [0.3, 0.4) is 0 Å². The summed E-state index contributed by atoms with van der Waals surface area (Å²) in [4.78, 5) is 23.4. The third-order valence-corrected chi connectivity index (χ3v) is 3.80. The van der Waals surface area contributed by atoms with Crippen LogP contribution < -0.4 is 0 Å². The first kappa shape index (κ1) is 16.9. The molecule has 0 spiro atoms. The lowest BCUT2D eigenvalue weighted by Gasteiger charge is -2.29. The van der Waals surface area contributed by atoms with Crippen LogP contribution in [-0.2, 0) is 6.18 Å². The largest absolute Gasteiger partial charge is 0.470 e. The zero-order valence-electron chi connectivity index (χ0n) is 12.5. The van der Waals surface area contributed by atoms with E-state index in [9.17, 15) is 28.1 Å². The molecule has 25 heavy (non-hydrogen) atoms. The van der Waals surface area contributed by atoms with Gasteiger partial charge in [-0.15, -0.1) is 10.2 Å². The number of halogens is 3. The zero-order chi connectivity index (χ0) is 18.2. The molecule has 0 unspecified atom stereocenters. The van der Waals surface area contributed by atoms with E-state index >= 15 is 0 Å². The summed E-state index contributed by atoms with van der Waals surface area (Å²) >= 11 is 0. The van der Waals surface area contributed by atoms with Crippen molar-refractivity contribution in [2.75, 3.05) is 13.1 Å². The first-order valence-corrected chi connectivity index (χ1v) is 7.20. The molecule has 12 heteroatoms. The minimum atomic E-state index is -4.70. The molecule has 0 atom stereocenters. The van der Waals surface area contributed by atoms with Crippen molar-refractivity contribution < 1.29 is 31.7 Å². The summed E-state index contributed by atoms with van der Waals surface area (Å²) in [7, 11) is 0. The molecule has 0 bridgehead atoms. The van der Waals surface area contributed by atoms with Crippen molar-refractivity contribution in [3.05, 3.63) is 39.8 Å². The maximum absolute atomic E-state index is 12.5. The lowest BCUT2D eigenvalue weighted by molar-refractivity contribution is -0.402. The summed E-state index contributed by atoms with van der Waals surface area (Å²) in [6.45, 7) is 0.448. The summed E-state index contributed by atoms with van der Waals surface area (Å²) < 4.78 is 46.9. The molecule has 0 aliphatic carbocycles. The lowest BCUT2D eigenvalue weighted by Crippen LogP contribution is -2.37. The highest BCUT2D eigenvalue weighted by Crippen LogP contribution is 2.33. The molecule has 0 saturated carbocycles. The van der Waals surface area contributed by atoms with Gasteiger partial charge in [0.15, 0.2) is 5.76 Å². The number of carbonyl (C=O) groups excluding carboxylic acids is 1. The molecule has 0 radical (unpaired) electrons. The number of furan rings is 1. The Bertz CT molecular complexity index is 792. The highest BCUT2D eigenvalue weighted by atomic mass is 19.4. The van der Waals surface area contributed by atoms with E-state index in [2.05, 4.69) is 14.6 Å². The number of amides is 1. The third kappa shape index (κ3) is 3.46. The highest BCUT2D eigenvalue weighted by Gasteiger charge is 2.39. The van der Waals surface area contributed by atoms with Crippen molar-refractivity contribution in [2.45, 2.75) is 24.9 Å². The topological polar surface area (TPSA) is 116 Å². The van der Waals surface area contributed by atoms with Gasteiger partial charge in [0, 0.05) is 19.0 Å². The average molecular weight is 360 g/mol. The van der Waals surface area contributed by atoms with E-state index < -0.39 is 34.7 Å². The second kappa shape index (κ2) is 6.18. The lowest BCUT2D eigenvalue weighted by atomic mass is 9.96. The van der Waals surface area contributed by atoms with Crippen molar-refractivity contribution in [3.63, 3.8) is 0 Å². The Morgan fingerprint density at radius 3 is 2.44 bits per heavy atom. The Labute approximate surface area is 137 Å². The van der Waals surface area contributed by atoms with E-state index in [1.165, 1.54) is 11.0 Å². The molecule has 9 nitrogen and oxygen atoms in total. The van der Waals surface area contributed by atoms with Gasteiger partial charge in [0.1, 0.15) is 4.92 Å². The van der Waals surface area contributed by atoms with E-state index in [0.717, 1.165) is 6.07 Å².